The molecule has 0 unspecified atom stereocenters. The van der Waals surface area contributed by atoms with Crippen molar-refractivity contribution in [3.05, 3.63) is 53.2 Å². The predicted octanol–water partition coefficient (Wildman–Crippen LogP) is 2.02. The zero-order chi connectivity index (χ0) is 17.1. The van der Waals surface area contributed by atoms with Crippen molar-refractivity contribution in [2.24, 2.45) is 5.73 Å². The summed E-state index contributed by atoms with van der Waals surface area (Å²) < 4.78 is 7.12. The van der Waals surface area contributed by atoms with E-state index in [0.29, 0.717) is 24.7 Å². The molecule has 2 N–H and O–H groups in total. The largest absolute Gasteiger partial charge is 0.370 e. The van der Waals surface area contributed by atoms with Gasteiger partial charge in [-0.2, -0.15) is 10.1 Å². The maximum Gasteiger partial charge on any atom is 0.227 e. The van der Waals surface area contributed by atoms with Crippen LogP contribution >= 0.6 is 0 Å². The molecule has 124 valence electrons. The van der Waals surface area contributed by atoms with E-state index >= 15 is 0 Å². The molecule has 0 fully saturated rings. The number of amides is 1. The third-order valence-electron chi connectivity index (χ3n) is 3.67. The van der Waals surface area contributed by atoms with Crippen LogP contribution < -0.4 is 5.73 Å². The normalized spacial score (nSPS) is 10.9. The third kappa shape index (κ3) is 3.68. The first-order valence-electron chi connectivity index (χ1n) is 7.72. The summed E-state index contributed by atoms with van der Waals surface area (Å²) in [5.41, 5.74) is 9.21. The van der Waals surface area contributed by atoms with Crippen molar-refractivity contribution in [3.63, 3.8) is 0 Å². The van der Waals surface area contributed by atoms with Gasteiger partial charge in [-0.25, -0.2) is 0 Å². The highest BCUT2D eigenvalue weighted by Gasteiger charge is 2.10. The highest BCUT2D eigenvalue weighted by molar-refractivity contribution is 5.73. The maximum absolute atomic E-state index is 10.8. The van der Waals surface area contributed by atoms with E-state index in [9.17, 15) is 4.79 Å². The van der Waals surface area contributed by atoms with E-state index < -0.39 is 0 Å². The Morgan fingerprint density at radius 1 is 1.29 bits per heavy atom. The lowest BCUT2D eigenvalue weighted by Crippen LogP contribution is -2.11. The lowest BCUT2D eigenvalue weighted by atomic mass is 10.1. The van der Waals surface area contributed by atoms with Crippen molar-refractivity contribution in [3.8, 4) is 11.4 Å². The van der Waals surface area contributed by atoms with Crippen LogP contribution in [0.1, 0.15) is 29.3 Å². The Kier molecular flexibility index (Phi) is 4.41. The molecule has 7 heteroatoms. The van der Waals surface area contributed by atoms with Crippen LogP contribution in [0.15, 0.2) is 34.9 Å². The van der Waals surface area contributed by atoms with Crippen LogP contribution in [0.2, 0.25) is 0 Å². The molecule has 0 aliphatic rings. The van der Waals surface area contributed by atoms with Crippen molar-refractivity contribution in [1.82, 2.24) is 19.9 Å². The summed E-state index contributed by atoms with van der Waals surface area (Å²) in [5.74, 6) is 0.527. The first kappa shape index (κ1) is 15.9. The molecule has 7 nitrogen and oxygen atoms in total. The number of carbonyl (C=O) groups is 1. The van der Waals surface area contributed by atoms with Crippen molar-refractivity contribution in [2.45, 2.75) is 33.2 Å². The van der Waals surface area contributed by atoms with Gasteiger partial charge in [-0.05, 0) is 31.5 Å². The summed E-state index contributed by atoms with van der Waals surface area (Å²) in [6.45, 7) is 4.70. The zero-order valence-corrected chi connectivity index (χ0v) is 13.7. The standard InChI is InChI=1S/C17H19N5O2/c1-11-8-12(2)22(20-11)10-13-4-3-5-14(9-13)17-19-16(24-21-17)7-6-15(18)23/h3-5,8-9H,6-7,10H2,1-2H3,(H2,18,23). The molecule has 3 aromatic rings. The Hall–Kier alpha value is -2.96. The Morgan fingerprint density at radius 3 is 2.83 bits per heavy atom. The van der Waals surface area contributed by atoms with Crippen LogP contribution in [-0.4, -0.2) is 25.8 Å². The minimum atomic E-state index is -0.387. The second-order valence-electron chi connectivity index (χ2n) is 5.76. The molecule has 0 aliphatic heterocycles. The van der Waals surface area contributed by atoms with E-state index in [0.717, 1.165) is 22.5 Å². The number of benzene rings is 1. The molecule has 0 radical (unpaired) electrons. The average Bonchev–Trinajstić information content (AvgIpc) is 3.12. The molecule has 0 aliphatic carbocycles. The van der Waals surface area contributed by atoms with Crippen LogP contribution in [-0.2, 0) is 17.8 Å². The lowest BCUT2D eigenvalue weighted by Gasteiger charge is -2.05. The second-order valence-corrected chi connectivity index (χ2v) is 5.76. The number of aromatic nitrogens is 4. The molecule has 0 spiro atoms. The van der Waals surface area contributed by atoms with E-state index in [4.69, 9.17) is 10.3 Å². The zero-order valence-electron chi connectivity index (χ0n) is 13.7. The van der Waals surface area contributed by atoms with Crippen LogP contribution in [0, 0.1) is 13.8 Å². The summed E-state index contributed by atoms with van der Waals surface area (Å²) in [6.07, 6.45) is 0.549. The van der Waals surface area contributed by atoms with E-state index in [1.54, 1.807) is 0 Å². The quantitative estimate of drug-likeness (QED) is 0.747. The third-order valence-corrected chi connectivity index (χ3v) is 3.67. The summed E-state index contributed by atoms with van der Waals surface area (Å²) in [4.78, 5) is 15.1. The van der Waals surface area contributed by atoms with Gasteiger partial charge < -0.3 is 10.3 Å². The smallest absolute Gasteiger partial charge is 0.227 e. The van der Waals surface area contributed by atoms with Gasteiger partial charge in [-0.3, -0.25) is 9.48 Å². The Balaban J connectivity index is 1.78. The number of hydrogen-bond donors (Lipinski definition) is 1. The van der Waals surface area contributed by atoms with Gasteiger partial charge in [-0.1, -0.05) is 23.4 Å². The van der Waals surface area contributed by atoms with Gasteiger partial charge in [0.2, 0.25) is 17.6 Å². The van der Waals surface area contributed by atoms with Crippen LogP contribution in [0.4, 0.5) is 0 Å². The number of aryl methyl sites for hydroxylation is 3. The number of rotatable bonds is 6. The molecule has 24 heavy (non-hydrogen) atoms. The average molecular weight is 325 g/mol. The minimum absolute atomic E-state index is 0.194. The summed E-state index contributed by atoms with van der Waals surface area (Å²) >= 11 is 0. The first-order valence-corrected chi connectivity index (χ1v) is 7.72. The number of hydrogen-bond acceptors (Lipinski definition) is 5. The molecule has 1 amide bonds. The fourth-order valence-corrected chi connectivity index (χ4v) is 2.52. The lowest BCUT2D eigenvalue weighted by molar-refractivity contribution is -0.118. The number of primary amides is 1. The molecule has 0 bridgehead atoms. The number of nitrogens with two attached hydrogens (primary N) is 1. The van der Waals surface area contributed by atoms with Crippen LogP contribution in [0.5, 0.6) is 0 Å². The Labute approximate surface area is 139 Å². The first-order chi connectivity index (χ1) is 11.5. The van der Waals surface area contributed by atoms with Crippen molar-refractivity contribution < 1.29 is 9.32 Å². The Morgan fingerprint density at radius 2 is 2.12 bits per heavy atom. The summed E-state index contributed by atoms with van der Waals surface area (Å²) in [6, 6.07) is 9.98. The van der Waals surface area contributed by atoms with Crippen molar-refractivity contribution >= 4 is 5.91 Å². The van der Waals surface area contributed by atoms with Gasteiger partial charge in [0, 0.05) is 24.1 Å². The van der Waals surface area contributed by atoms with E-state index in [-0.39, 0.29) is 12.3 Å². The molecule has 1 aromatic carbocycles. The monoisotopic (exact) mass is 325 g/mol. The molecular weight excluding hydrogens is 306 g/mol. The van der Waals surface area contributed by atoms with E-state index in [1.165, 1.54) is 0 Å². The molecule has 3 rings (SSSR count). The summed E-state index contributed by atoms with van der Waals surface area (Å²) in [7, 11) is 0. The van der Waals surface area contributed by atoms with Gasteiger partial charge in [0.05, 0.1) is 12.2 Å². The topological polar surface area (TPSA) is 99.8 Å². The number of carbonyl (C=O) groups excluding carboxylic acids is 1. The fourth-order valence-electron chi connectivity index (χ4n) is 2.52. The van der Waals surface area contributed by atoms with Gasteiger partial charge in [0.15, 0.2) is 0 Å². The van der Waals surface area contributed by atoms with Gasteiger partial charge in [-0.15, -0.1) is 0 Å². The maximum atomic E-state index is 10.8. The van der Waals surface area contributed by atoms with Crippen molar-refractivity contribution in [2.75, 3.05) is 0 Å². The minimum Gasteiger partial charge on any atom is -0.370 e. The summed E-state index contributed by atoms with van der Waals surface area (Å²) in [5, 5.41) is 8.45. The fraction of sp³-hybridized carbons (Fsp3) is 0.294. The van der Waals surface area contributed by atoms with Gasteiger partial charge in [0.1, 0.15) is 0 Å². The molecule has 2 heterocycles. The molecular formula is C17H19N5O2. The van der Waals surface area contributed by atoms with Gasteiger partial charge >= 0.3 is 0 Å². The highest BCUT2D eigenvalue weighted by atomic mass is 16.5. The second kappa shape index (κ2) is 6.66. The van der Waals surface area contributed by atoms with Crippen LogP contribution in [0.3, 0.4) is 0 Å². The molecule has 2 aromatic heterocycles. The molecule has 0 saturated heterocycles. The molecule has 0 saturated carbocycles. The van der Waals surface area contributed by atoms with Crippen molar-refractivity contribution in [1.29, 1.82) is 0 Å². The molecule has 0 atom stereocenters. The highest BCUT2D eigenvalue weighted by Crippen LogP contribution is 2.19. The van der Waals surface area contributed by atoms with Crippen LogP contribution in [0.25, 0.3) is 11.4 Å². The van der Waals surface area contributed by atoms with Gasteiger partial charge in [0.25, 0.3) is 0 Å². The van der Waals surface area contributed by atoms with E-state index in [1.807, 2.05) is 48.9 Å². The predicted molar refractivity (Wildman–Crippen MR) is 88.1 cm³/mol. The van der Waals surface area contributed by atoms with E-state index in [2.05, 4.69) is 15.2 Å². The number of nitrogens with zero attached hydrogens (tertiary/aromatic N) is 4. The SMILES string of the molecule is Cc1cc(C)n(Cc2cccc(-c3noc(CCC(N)=O)n3)c2)n1. The Bertz CT molecular complexity index is 866.